The highest BCUT2D eigenvalue weighted by molar-refractivity contribution is 7.88. The van der Waals surface area contributed by atoms with E-state index < -0.39 is 16.1 Å². The van der Waals surface area contributed by atoms with E-state index in [4.69, 9.17) is 0 Å². The van der Waals surface area contributed by atoms with Crippen molar-refractivity contribution in [2.24, 2.45) is 5.92 Å². The van der Waals surface area contributed by atoms with Crippen molar-refractivity contribution >= 4 is 15.9 Å². The van der Waals surface area contributed by atoms with E-state index in [9.17, 15) is 13.2 Å². The van der Waals surface area contributed by atoms with Crippen LogP contribution in [-0.2, 0) is 14.8 Å². The number of carbonyl (C=O) groups is 1. The molecule has 2 rings (SSSR count). The Bertz CT molecular complexity index is 413. The standard InChI is InChI=1S/C12H22N2O3S/c1-10-5-8-13(9-6-10)12(15)11-4-3-7-14(11)18(2,16)17/h10-11H,3-9H2,1-2H3/t11-/m0/s1. The van der Waals surface area contributed by atoms with Crippen molar-refractivity contribution in [1.82, 2.24) is 9.21 Å². The minimum absolute atomic E-state index is 0.00447. The quantitative estimate of drug-likeness (QED) is 0.743. The molecular formula is C12H22N2O3S. The highest BCUT2D eigenvalue weighted by atomic mass is 32.2. The molecule has 0 saturated carbocycles. The van der Waals surface area contributed by atoms with Crippen LogP contribution in [0.4, 0.5) is 0 Å². The van der Waals surface area contributed by atoms with E-state index in [0.29, 0.717) is 18.9 Å². The summed E-state index contributed by atoms with van der Waals surface area (Å²) in [6.45, 7) is 4.22. The van der Waals surface area contributed by atoms with Gasteiger partial charge < -0.3 is 4.90 Å². The lowest BCUT2D eigenvalue weighted by molar-refractivity contribution is -0.135. The summed E-state index contributed by atoms with van der Waals surface area (Å²) in [4.78, 5) is 14.2. The lowest BCUT2D eigenvalue weighted by Gasteiger charge is -2.33. The Morgan fingerprint density at radius 1 is 1.11 bits per heavy atom. The summed E-state index contributed by atoms with van der Waals surface area (Å²) in [5.74, 6) is 0.675. The third-order valence-electron chi connectivity index (χ3n) is 4.01. The predicted molar refractivity (Wildman–Crippen MR) is 69.5 cm³/mol. The van der Waals surface area contributed by atoms with Gasteiger partial charge in [-0.3, -0.25) is 4.79 Å². The first-order chi connectivity index (χ1) is 8.39. The van der Waals surface area contributed by atoms with E-state index in [1.54, 1.807) is 0 Å². The zero-order chi connectivity index (χ0) is 13.3. The Kier molecular flexibility index (Phi) is 3.96. The zero-order valence-corrected chi connectivity index (χ0v) is 11.9. The molecule has 1 atom stereocenters. The monoisotopic (exact) mass is 274 g/mol. The second kappa shape index (κ2) is 5.17. The maximum Gasteiger partial charge on any atom is 0.241 e. The summed E-state index contributed by atoms with van der Waals surface area (Å²) in [6.07, 6.45) is 4.69. The fourth-order valence-corrected chi connectivity index (χ4v) is 3.94. The van der Waals surface area contributed by atoms with Crippen molar-refractivity contribution in [2.75, 3.05) is 25.9 Å². The van der Waals surface area contributed by atoms with Crippen LogP contribution in [0.5, 0.6) is 0 Å². The fraction of sp³-hybridized carbons (Fsp3) is 0.917. The molecule has 0 unspecified atom stereocenters. The Labute approximate surface area is 109 Å². The molecule has 0 aromatic heterocycles. The molecule has 0 aromatic rings. The first-order valence-corrected chi connectivity index (χ1v) is 8.50. The van der Waals surface area contributed by atoms with E-state index in [0.717, 1.165) is 32.4 Å². The number of likely N-dealkylation sites (tertiary alicyclic amines) is 1. The van der Waals surface area contributed by atoms with E-state index in [-0.39, 0.29) is 5.91 Å². The molecule has 18 heavy (non-hydrogen) atoms. The van der Waals surface area contributed by atoms with Gasteiger partial charge in [-0.25, -0.2) is 8.42 Å². The summed E-state index contributed by atoms with van der Waals surface area (Å²) in [5, 5.41) is 0. The van der Waals surface area contributed by atoms with Gasteiger partial charge in [-0.15, -0.1) is 0 Å². The number of rotatable bonds is 2. The smallest absolute Gasteiger partial charge is 0.241 e. The molecule has 0 radical (unpaired) electrons. The van der Waals surface area contributed by atoms with Crippen molar-refractivity contribution in [3.05, 3.63) is 0 Å². The second-order valence-corrected chi connectivity index (χ2v) is 7.47. The van der Waals surface area contributed by atoms with Gasteiger partial charge in [0.05, 0.1) is 6.26 Å². The molecule has 2 aliphatic rings. The first-order valence-electron chi connectivity index (χ1n) is 6.65. The fourth-order valence-electron chi connectivity index (χ4n) is 2.82. The van der Waals surface area contributed by atoms with Crippen LogP contribution in [0.3, 0.4) is 0 Å². The first kappa shape index (κ1) is 13.8. The molecule has 2 aliphatic heterocycles. The van der Waals surface area contributed by atoms with Gasteiger partial charge in [-0.2, -0.15) is 4.31 Å². The van der Waals surface area contributed by atoms with E-state index in [2.05, 4.69) is 6.92 Å². The van der Waals surface area contributed by atoms with Crippen LogP contribution in [0.15, 0.2) is 0 Å². The average Bonchev–Trinajstić information content (AvgIpc) is 2.77. The third-order valence-corrected chi connectivity index (χ3v) is 5.30. The lowest BCUT2D eigenvalue weighted by atomic mass is 9.98. The molecule has 0 aliphatic carbocycles. The van der Waals surface area contributed by atoms with Crippen LogP contribution < -0.4 is 0 Å². The van der Waals surface area contributed by atoms with Crippen molar-refractivity contribution in [3.63, 3.8) is 0 Å². The second-order valence-electron chi connectivity index (χ2n) is 5.54. The minimum atomic E-state index is -3.26. The van der Waals surface area contributed by atoms with Crippen molar-refractivity contribution in [3.8, 4) is 0 Å². The lowest BCUT2D eigenvalue weighted by Crippen LogP contribution is -2.49. The predicted octanol–water partition coefficient (Wildman–Crippen LogP) is 0.669. The summed E-state index contributed by atoms with van der Waals surface area (Å²) in [5.41, 5.74) is 0. The molecule has 0 aromatic carbocycles. The zero-order valence-electron chi connectivity index (χ0n) is 11.1. The largest absolute Gasteiger partial charge is 0.341 e. The molecule has 0 bridgehead atoms. The maximum absolute atomic E-state index is 12.4. The van der Waals surface area contributed by atoms with Crippen molar-refractivity contribution < 1.29 is 13.2 Å². The molecule has 104 valence electrons. The van der Waals surface area contributed by atoms with Gasteiger partial charge >= 0.3 is 0 Å². The topological polar surface area (TPSA) is 57.7 Å². The van der Waals surface area contributed by atoms with Gasteiger partial charge in [0.15, 0.2) is 0 Å². The minimum Gasteiger partial charge on any atom is -0.341 e. The number of hydrogen-bond acceptors (Lipinski definition) is 3. The molecule has 6 heteroatoms. The van der Waals surface area contributed by atoms with Crippen LogP contribution in [0, 0.1) is 5.92 Å². The van der Waals surface area contributed by atoms with Crippen molar-refractivity contribution in [1.29, 1.82) is 0 Å². The van der Waals surface area contributed by atoms with Gasteiger partial charge in [-0.1, -0.05) is 6.92 Å². The number of amides is 1. The van der Waals surface area contributed by atoms with Gasteiger partial charge in [0.1, 0.15) is 6.04 Å². The Hall–Kier alpha value is -0.620. The number of nitrogens with zero attached hydrogens (tertiary/aromatic N) is 2. The van der Waals surface area contributed by atoms with E-state index >= 15 is 0 Å². The summed E-state index contributed by atoms with van der Waals surface area (Å²) < 4.78 is 24.6. The Morgan fingerprint density at radius 2 is 1.72 bits per heavy atom. The highest BCUT2D eigenvalue weighted by Crippen LogP contribution is 2.24. The highest BCUT2D eigenvalue weighted by Gasteiger charge is 2.38. The van der Waals surface area contributed by atoms with Crippen LogP contribution >= 0.6 is 0 Å². The number of carbonyl (C=O) groups excluding carboxylic acids is 1. The number of hydrogen-bond donors (Lipinski definition) is 0. The van der Waals surface area contributed by atoms with Crippen LogP contribution in [0.2, 0.25) is 0 Å². The summed E-state index contributed by atoms with van der Waals surface area (Å²) in [7, 11) is -3.26. The SMILES string of the molecule is CC1CCN(C(=O)[C@@H]2CCCN2S(C)(=O)=O)CC1. The van der Waals surface area contributed by atoms with E-state index in [1.165, 1.54) is 10.6 Å². The van der Waals surface area contributed by atoms with E-state index in [1.807, 2.05) is 4.90 Å². The molecular weight excluding hydrogens is 252 g/mol. The number of piperidine rings is 1. The molecule has 2 heterocycles. The summed E-state index contributed by atoms with van der Waals surface area (Å²) in [6, 6.07) is -0.451. The van der Waals surface area contributed by atoms with Crippen LogP contribution in [0.1, 0.15) is 32.6 Å². The normalized spacial score (nSPS) is 27.7. The van der Waals surface area contributed by atoms with Gasteiger partial charge in [0.2, 0.25) is 15.9 Å². The molecule has 0 N–H and O–H groups in total. The molecule has 5 nitrogen and oxygen atoms in total. The van der Waals surface area contributed by atoms with Gasteiger partial charge in [-0.05, 0) is 31.6 Å². The summed E-state index contributed by atoms with van der Waals surface area (Å²) >= 11 is 0. The van der Waals surface area contributed by atoms with Crippen LogP contribution in [0.25, 0.3) is 0 Å². The van der Waals surface area contributed by atoms with Crippen LogP contribution in [-0.4, -0.2) is 55.5 Å². The van der Waals surface area contributed by atoms with Crippen molar-refractivity contribution in [2.45, 2.75) is 38.6 Å². The number of sulfonamides is 1. The molecule has 2 saturated heterocycles. The van der Waals surface area contributed by atoms with Gasteiger partial charge in [0.25, 0.3) is 0 Å². The molecule has 1 amide bonds. The molecule has 2 fully saturated rings. The molecule has 0 spiro atoms. The Balaban J connectivity index is 2.04. The average molecular weight is 274 g/mol. The third kappa shape index (κ3) is 2.85. The maximum atomic E-state index is 12.4. The van der Waals surface area contributed by atoms with Gasteiger partial charge in [0, 0.05) is 19.6 Å². The Morgan fingerprint density at radius 3 is 2.28 bits per heavy atom.